The van der Waals surface area contributed by atoms with E-state index in [1.807, 2.05) is 0 Å². The van der Waals surface area contributed by atoms with Gasteiger partial charge in [0.15, 0.2) is 12.2 Å². The van der Waals surface area contributed by atoms with Gasteiger partial charge in [0.2, 0.25) is 0 Å². The number of carbonyl (C=O) groups is 4. The molecule has 17 nitrogen and oxygen atoms in total. The van der Waals surface area contributed by atoms with Crippen LogP contribution in [0.4, 0.5) is 0 Å². The van der Waals surface area contributed by atoms with E-state index in [4.69, 9.17) is 37.0 Å². The first-order chi connectivity index (χ1) is 45.6. The largest absolute Gasteiger partial charge is 0.472 e. The van der Waals surface area contributed by atoms with E-state index in [-0.39, 0.29) is 25.7 Å². The van der Waals surface area contributed by atoms with Crippen LogP contribution in [0.15, 0.2) is 0 Å². The number of hydrogen-bond donors (Lipinski definition) is 3. The summed E-state index contributed by atoms with van der Waals surface area (Å²) in [6.45, 7) is 7.29. The maximum Gasteiger partial charge on any atom is 0.472 e. The van der Waals surface area contributed by atoms with Crippen LogP contribution in [0, 0.1) is 5.92 Å². The molecule has 0 rings (SSSR count). The first kappa shape index (κ1) is 92.1. The lowest BCUT2D eigenvalue weighted by Crippen LogP contribution is -2.30. The van der Waals surface area contributed by atoms with E-state index in [2.05, 4.69) is 34.6 Å². The van der Waals surface area contributed by atoms with Crippen molar-refractivity contribution in [3.05, 3.63) is 0 Å². The predicted octanol–water partition coefficient (Wildman–Crippen LogP) is 22.1. The van der Waals surface area contributed by atoms with Crippen LogP contribution in [-0.2, 0) is 65.4 Å². The van der Waals surface area contributed by atoms with Gasteiger partial charge in [-0.05, 0) is 31.6 Å². The smallest absolute Gasteiger partial charge is 0.462 e. The van der Waals surface area contributed by atoms with Crippen LogP contribution in [0.3, 0.4) is 0 Å². The van der Waals surface area contributed by atoms with Crippen molar-refractivity contribution >= 4 is 39.5 Å². The molecule has 19 heteroatoms. The van der Waals surface area contributed by atoms with Crippen LogP contribution in [0.2, 0.25) is 0 Å². The second-order valence-corrected chi connectivity index (χ2v) is 30.2. The minimum absolute atomic E-state index is 0.108. The second kappa shape index (κ2) is 68.2. The molecular formula is C75H146O17P2. The number of aliphatic hydroxyl groups excluding tert-OH is 1. The van der Waals surface area contributed by atoms with Crippen LogP contribution in [0.5, 0.6) is 0 Å². The van der Waals surface area contributed by atoms with E-state index < -0.39 is 97.5 Å². The summed E-state index contributed by atoms with van der Waals surface area (Å²) in [6.07, 6.45) is 56.8. The molecule has 0 aromatic carbocycles. The third kappa shape index (κ3) is 67.3. The summed E-state index contributed by atoms with van der Waals surface area (Å²) in [7, 11) is -9.90. The molecule has 0 bridgehead atoms. The van der Waals surface area contributed by atoms with Crippen molar-refractivity contribution in [3.8, 4) is 0 Å². The maximum atomic E-state index is 13.1. The summed E-state index contributed by atoms with van der Waals surface area (Å²) in [6, 6.07) is 0. The number of unbranched alkanes of at least 4 members (excludes halogenated alkanes) is 46. The molecule has 0 saturated carbocycles. The molecule has 0 saturated heterocycles. The molecular weight excluding hydrogens is 1230 g/mol. The van der Waals surface area contributed by atoms with Crippen LogP contribution < -0.4 is 0 Å². The van der Waals surface area contributed by atoms with Crippen molar-refractivity contribution < 1.29 is 80.2 Å². The van der Waals surface area contributed by atoms with Gasteiger partial charge in [0.25, 0.3) is 0 Å². The Morgan fingerprint density at radius 1 is 0.298 bits per heavy atom. The first-order valence-electron chi connectivity index (χ1n) is 39.2. The van der Waals surface area contributed by atoms with E-state index in [9.17, 15) is 43.2 Å². The molecule has 0 amide bonds. The Kier molecular flexibility index (Phi) is 66.8. The summed E-state index contributed by atoms with van der Waals surface area (Å²) >= 11 is 0. The molecule has 0 aliphatic carbocycles. The van der Waals surface area contributed by atoms with Gasteiger partial charge in [-0.25, -0.2) is 9.13 Å². The quantitative estimate of drug-likeness (QED) is 0.0222. The standard InChI is InChI=1S/C75H146O17P2/c1-6-10-13-16-19-22-24-26-27-28-29-30-31-33-35-41-46-51-56-61-75(80)92-71(65-86-73(78)59-54-49-44-39-37-36-38-42-47-52-57-68(5)9-4)67-90-94(83,84)88-63-69(76)62-87-93(81,82)89-66-70(64-85-72(77)58-53-48-43-21-18-15-12-8-3)91-74(79)60-55-50-45-40-34-32-25-23-20-17-14-11-7-2/h68-71,76H,6-67H2,1-5H3,(H,81,82)(H,83,84)/t68?,69-,70+,71+/m0/s1. The minimum Gasteiger partial charge on any atom is -0.462 e. The normalized spacial score (nSPS) is 14.3. The van der Waals surface area contributed by atoms with Crippen LogP contribution in [0.1, 0.15) is 394 Å². The number of esters is 4. The lowest BCUT2D eigenvalue weighted by molar-refractivity contribution is -0.161. The van der Waals surface area contributed by atoms with Crippen LogP contribution >= 0.6 is 15.6 Å². The monoisotopic (exact) mass is 1380 g/mol. The maximum absolute atomic E-state index is 13.1. The fourth-order valence-corrected chi connectivity index (χ4v) is 13.1. The first-order valence-corrected chi connectivity index (χ1v) is 42.2. The molecule has 0 aromatic heterocycles. The highest BCUT2D eigenvalue weighted by molar-refractivity contribution is 7.47. The van der Waals surface area contributed by atoms with E-state index in [1.165, 1.54) is 212 Å². The average Bonchev–Trinajstić information content (AvgIpc) is 1.67. The van der Waals surface area contributed by atoms with Gasteiger partial charge in [-0.2, -0.15) is 0 Å². The van der Waals surface area contributed by atoms with Gasteiger partial charge in [-0.15, -0.1) is 0 Å². The van der Waals surface area contributed by atoms with Crippen molar-refractivity contribution in [2.75, 3.05) is 39.6 Å². The second-order valence-electron chi connectivity index (χ2n) is 27.3. The van der Waals surface area contributed by atoms with Gasteiger partial charge < -0.3 is 33.8 Å². The third-order valence-electron chi connectivity index (χ3n) is 17.9. The zero-order valence-electron chi connectivity index (χ0n) is 61.1. The van der Waals surface area contributed by atoms with Gasteiger partial charge >= 0.3 is 39.5 Å². The molecule has 3 N–H and O–H groups in total. The molecule has 0 fully saturated rings. The zero-order valence-corrected chi connectivity index (χ0v) is 62.9. The topological polar surface area (TPSA) is 237 Å². The molecule has 558 valence electrons. The predicted molar refractivity (Wildman–Crippen MR) is 382 cm³/mol. The summed E-state index contributed by atoms with van der Waals surface area (Å²) < 4.78 is 68.4. The molecule has 6 atom stereocenters. The molecule has 0 radical (unpaired) electrons. The Morgan fingerprint density at radius 2 is 0.511 bits per heavy atom. The van der Waals surface area contributed by atoms with E-state index in [0.717, 1.165) is 102 Å². The fourth-order valence-electron chi connectivity index (χ4n) is 11.5. The Morgan fingerprint density at radius 3 is 0.755 bits per heavy atom. The number of hydrogen-bond acceptors (Lipinski definition) is 15. The van der Waals surface area contributed by atoms with Crippen molar-refractivity contribution in [1.82, 2.24) is 0 Å². The Hall–Kier alpha value is -1.94. The van der Waals surface area contributed by atoms with E-state index in [1.54, 1.807) is 0 Å². The third-order valence-corrected chi connectivity index (χ3v) is 19.8. The van der Waals surface area contributed by atoms with Crippen LogP contribution in [-0.4, -0.2) is 96.7 Å². The molecule has 0 heterocycles. The summed E-state index contributed by atoms with van der Waals surface area (Å²) in [5, 5.41) is 10.6. The Labute approximate surface area is 575 Å². The number of carbonyl (C=O) groups excluding carboxylic acids is 4. The lowest BCUT2D eigenvalue weighted by Gasteiger charge is -2.21. The van der Waals surface area contributed by atoms with Crippen molar-refractivity contribution in [2.45, 2.75) is 412 Å². The summed E-state index contributed by atoms with van der Waals surface area (Å²) in [5.74, 6) is -1.31. The molecule has 0 aromatic rings. The zero-order chi connectivity index (χ0) is 69.1. The minimum atomic E-state index is -4.96. The highest BCUT2D eigenvalue weighted by atomic mass is 31.2. The average molecular weight is 1380 g/mol. The molecule has 0 spiro atoms. The van der Waals surface area contributed by atoms with Crippen LogP contribution in [0.25, 0.3) is 0 Å². The number of rotatable bonds is 75. The van der Waals surface area contributed by atoms with Gasteiger partial charge in [0.1, 0.15) is 19.3 Å². The molecule has 3 unspecified atom stereocenters. The molecule has 94 heavy (non-hydrogen) atoms. The molecule has 0 aliphatic heterocycles. The van der Waals surface area contributed by atoms with Gasteiger partial charge in [0.05, 0.1) is 26.4 Å². The van der Waals surface area contributed by atoms with E-state index >= 15 is 0 Å². The van der Waals surface area contributed by atoms with Gasteiger partial charge in [0, 0.05) is 25.7 Å². The van der Waals surface area contributed by atoms with Gasteiger partial charge in [-0.3, -0.25) is 37.3 Å². The van der Waals surface area contributed by atoms with Gasteiger partial charge in [-0.1, -0.05) is 343 Å². The van der Waals surface area contributed by atoms with Crippen molar-refractivity contribution in [2.24, 2.45) is 5.92 Å². The van der Waals surface area contributed by atoms with Crippen molar-refractivity contribution in [1.29, 1.82) is 0 Å². The highest BCUT2D eigenvalue weighted by Crippen LogP contribution is 2.45. The van der Waals surface area contributed by atoms with E-state index in [0.29, 0.717) is 25.7 Å². The highest BCUT2D eigenvalue weighted by Gasteiger charge is 2.30. The lowest BCUT2D eigenvalue weighted by atomic mass is 9.99. The summed E-state index contributed by atoms with van der Waals surface area (Å²) in [4.78, 5) is 72.7. The number of aliphatic hydroxyl groups is 1. The molecule has 0 aliphatic rings. The Bertz CT molecular complexity index is 1810. The SMILES string of the molecule is CCCCCCCCCCCCCCCCCCCCCC(=O)O[C@H](COC(=O)CCCCCCCCCCCCC(C)CC)COP(=O)(O)OC[C@@H](O)COP(=O)(O)OC[C@@H](COC(=O)CCCCCCCCCC)OC(=O)CCCCCCCCCCCCCCC. The number of ether oxygens (including phenoxy) is 4. The Balaban J connectivity index is 5.21. The fraction of sp³-hybridized carbons (Fsp3) is 0.947. The number of phosphoric ester groups is 2. The number of phosphoric acid groups is 2. The summed E-state index contributed by atoms with van der Waals surface area (Å²) in [5.41, 5.74) is 0. The van der Waals surface area contributed by atoms with Crippen molar-refractivity contribution in [3.63, 3.8) is 0 Å².